The molecule has 29 heavy (non-hydrogen) atoms. The highest BCUT2D eigenvalue weighted by atomic mass is 19.1. The predicted molar refractivity (Wildman–Crippen MR) is 106 cm³/mol. The van der Waals surface area contributed by atoms with Gasteiger partial charge in [0, 0.05) is 37.4 Å². The Labute approximate surface area is 168 Å². The molecule has 1 aliphatic heterocycles. The van der Waals surface area contributed by atoms with Gasteiger partial charge in [-0.15, -0.1) is 0 Å². The summed E-state index contributed by atoms with van der Waals surface area (Å²) in [6.07, 6.45) is 0.473. The number of anilines is 1. The molecule has 1 atom stereocenters. The van der Waals surface area contributed by atoms with Crippen LogP contribution in [-0.2, 0) is 4.74 Å². The van der Waals surface area contributed by atoms with Crippen molar-refractivity contribution < 1.29 is 18.7 Å². The fourth-order valence-corrected chi connectivity index (χ4v) is 3.19. The SMILES string of the molecule is COC(=O)N1CCN(C(NC(=O)Nc2ccc(C)nc2)c2ccccc2F)CC1. The second kappa shape index (κ2) is 9.33. The van der Waals surface area contributed by atoms with Gasteiger partial charge in [-0.2, -0.15) is 0 Å². The van der Waals surface area contributed by atoms with Gasteiger partial charge >= 0.3 is 12.1 Å². The second-order valence-corrected chi connectivity index (χ2v) is 6.70. The van der Waals surface area contributed by atoms with E-state index in [-0.39, 0.29) is 0 Å². The number of benzene rings is 1. The molecule has 1 fully saturated rings. The lowest BCUT2D eigenvalue weighted by molar-refractivity contribution is 0.0680. The van der Waals surface area contributed by atoms with Gasteiger partial charge in [0.1, 0.15) is 12.0 Å². The first-order chi connectivity index (χ1) is 14.0. The standard InChI is InChI=1S/C20H24FN5O3/c1-14-7-8-15(13-22-14)23-19(27)24-18(16-5-3-4-6-17(16)21)25-9-11-26(12-10-25)20(28)29-2/h3-8,13,18H,9-12H2,1-2H3,(H2,23,24,27). The van der Waals surface area contributed by atoms with Crippen molar-refractivity contribution in [2.45, 2.75) is 13.1 Å². The van der Waals surface area contributed by atoms with Crippen molar-refractivity contribution in [3.05, 3.63) is 59.7 Å². The van der Waals surface area contributed by atoms with Gasteiger partial charge in [-0.25, -0.2) is 14.0 Å². The number of carbonyl (C=O) groups is 2. The summed E-state index contributed by atoms with van der Waals surface area (Å²) in [6, 6.07) is 9.38. The maximum atomic E-state index is 14.5. The third kappa shape index (κ3) is 5.20. The van der Waals surface area contributed by atoms with Crippen LogP contribution in [0.3, 0.4) is 0 Å². The van der Waals surface area contributed by atoms with Crippen molar-refractivity contribution in [1.29, 1.82) is 0 Å². The summed E-state index contributed by atoms with van der Waals surface area (Å²) in [6.45, 7) is 3.61. The van der Waals surface area contributed by atoms with Gasteiger partial charge in [-0.3, -0.25) is 9.88 Å². The Morgan fingerprint density at radius 1 is 1.14 bits per heavy atom. The molecule has 0 saturated carbocycles. The molecule has 1 aromatic heterocycles. The zero-order valence-corrected chi connectivity index (χ0v) is 16.4. The molecule has 8 nitrogen and oxygen atoms in total. The van der Waals surface area contributed by atoms with E-state index in [0.29, 0.717) is 37.4 Å². The largest absolute Gasteiger partial charge is 0.453 e. The van der Waals surface area contributed by atoms with Crippen molar-refractivity contribution in [2.75, 3.05) is 38.6 Å². The minimum atomic E-state index is -0.686. The number of aryl methyl sites for hydroxylation is 1. The molecule has 0 aliphatic carbocycles. The summed E-state index contributed by atoms with van der Waals surface area (Å²) in [5, 5.41) is 5.56. The van der Waals surface area contributed by atoms with Gasteiger partial charge < -0.3 is 20.3 Å². The van der Waals surface area contributed by atoms with E-state index in [4.69, 9.17) is 4.74 Å². The molecule has 154 valence electrons. The van der Waals surface area contributed by atoms with Gasteiger partial charge in [0.25, 0.3) is 0 Å². The van der Waals surface area contributed by atoms with E-state index in [9.17, 15) is 14.0 Å². The fraction of sp³-hybridized carbons (Fsp3) is 0.350. The van der Waals surface area contributed by atoms with Crippen LogP contribution in [0, 0.1) is 12.7 Å². The number of ether oxygens (including phenoxy) is 1. The van der Waals surface area contributed by atoms with Crippen molar-refractivity contribution in [2.24, 2.45) is 0 Å². The number of nitrogens with zero attached hydrogens (tertiary/aromatic N) is 3. The molecule has 1 aromatic carbocycles. The fourth-order valence-electron chi connectivity index (χ4n) is 3.19. The molecule has 9 heteroatoms. The van der Waals surface area contributed by atoms with Crippen LogP contribution in [-0.4, -0.2) is 60.2 Å². The Bertz CT molecular complexity index is 853. The molecule has 2 N–H and O–H groups in total. The summed E-state index contributed by atoms with van der Waals surface area (Å²) >= 11 is 0. The predicted octanol–water partition coefficient (Wildman–Crippen LogP) is 2.73. The van der Waals surface area contributed by atoms with Gasteiger partial charge in [-0.05, 0) is 25.1 Å². The van der Waals surface area contributed by atoms with Crippen LogP contribution < -0.4 is 10.6 Å². The van der Waals surface area contributed by atoms with Crippen LogP contribution >= 0.6 is 0 Å². The molecule has 0 bridgehead atoms. The molecule has 0 spiro atoms. The number of nitrogens with one attached hydrogen (secondary N) is 2. The van der Waals surface area contributed by atoms with Crippen LogP contribution in [0.1, 0.15) is 17.4 Å². The average molecular weight is 401 g/mol. The summed E-state index contributed by atoms with van der Waals surface area (Å²) in [7, 11) is 1.34. The third-order valence-electron chi connectivity index (χ3n) is 4.75. The lowest BCUT2D eigenvalue weighted by atomic mass is 10.1. The Morgan fingerprint density at radius 2 is 1.86 bits per heavy atom. The molecule has 1 unspecified atom stereocenters. The Kier molecular flexibility index (Phi) is 6.61. The molecule has 0 radical (unpaired) electrons. The topological polar surface area (TPSA) is 86.8 Å². The van der Waals surface area contributed by atoms with Crippen LogP contribution in [0.25, 0.3) is 0 Å². The Hall–Kier alpha value is -3.20. The summed E-state index contributed by atoms with van der Waals surface area (Å²) in [4.78, 5) is 31.9. The van der Waals surface area contributed by atoms with Gasteiger partial charge in [0.05, 0.1) is 19.0 Å². The maximum absolute atomic E-state index is 14.5. The van der Waals surface area contributed by atoms with E-state index < -0.39 is 24.1 Å². The molecular formula is C20H24FN5O3. The first kappa shape index (κ1) is 20.5. The number of carbonyl (C=O) groups excluding carboxylic acids is 2. The lowest BCUT2D eigenvalue weighted by Gasteiger charge is -2.39. The van der Waals surface area contributed by atoms with E-state index >= 15 is 0 Å². The third-order valence-corrected chi connectivity index (χ3v) is 4.75. The molecule has 2 heterocycles. The number of hydrogen-bond donors (Lipinski definition) is 2. The number of amides is 3. The molecular weight excluding hydrogens is 377 g/mol. The summed E-state index contributed by atoms with van der Waals surface area (Å²) in [5.74, 6) is -0.412. The lowest BCUT2D eigenvalue weighted by Crippen LogP contribution is -2.53. The normalized spacial score (nSPS) is 15.5. The number of hydrogen-bond acceptors (Lipinski definition) is 5. The number of rotatable bonds is 4. The number of piperazine rings is 1. The van der Waals surface area contributed by atoms with Crippen LogP contribution in [0.5, 0.6) is 0 Å². The van der Waals surface area contributed by atoms with Gasteiger partial charge in [-0.1, -0.05) is 18.2 Å². The summed E-state index contributed by atoms with van der Waals surface area (Å²) in [5.41, 5.74) is 1.73. The number of urea groups is 1. The Morgan fingerprint density at radius 3 is 2.48 bits per heavy atom. The van der Waals surface area contributed by atoms with Gasteiger partial charge in [0.2, 0.25) is 0 Å². The molecule has 3 amide bonds. The van der Waals surface area contributed by atoms with E-state index in [1.54, 1.807) is 41.4 Å². The van der Waals surface area contributed by atoms with Crippen molar-refractivity contribution in [3.63, 3.8) is 0 Å². The second-order valence-electron chi connectivity index (χ2n) is 6.70. The highest BCUT2D eigenvalue weighted by molar-refractivity contribution is 5.89. The summed E-state index contributed by atoms with van der Waals surface area (Å²) < 4.78 is 19.2. The van der Waals surface area contributed by atoms with Crippen LogP contribution in [0.15, 0.2) is 42.6 Å². The van der Waals surface area contributed by atoms with Crippen LogP contribution in [0.2, 0.25) is 0 Å². The molecule has 1 aliphatic rings. The molecule has 1 saturated heterocycles. The Balaban J connectivity index is 1.74. The number of aromatic nitrogens is 1. The first-order valence-corrected chi connectivity index (χ1v) is 9.29. The average Bonchev–Trinajstić information content (AvgIpc) is 2.74. The quantitative estimate of drug-likeness (QED) is 0.823. The minimum absolute atomic E-state index is 0.358. The maximum Gasteiger partial charge on any atom is 0.409 e. The monoisotopic (exact) mass is 401 g/mol. The number of methoxy groups -OCH3 is 1. The van der Waals surface area contributed by atoms with Crippen molar-refractivity contribution >= 4 is 17.8 Å². The van der Waals surface area contributed by atoms with E-state index in [0.717, 1.165) is 5.69 Å². The number of pyridine rings is 1. The molecule has 2 aromatic rings. The number of halogens is 1. The van der Waals surface area contributed by atoms with Crippen molar-refractivity contribution in [3.8, 4) is 0 Å². The highest BCUT2D eigenvalue weighted by Crippen LogP contribution is 2.23. The van der Waals surface area contributed by atoms with Crippen LogP contribution in [0.4, 0.5) is 19.7 Å². The zero-order chi connectivity index (χ0) is 20.8. The van der Waals surface area contributed by atoms with E-state index in [2.05, 4.69) is 15.6 Å². The minimum Gasteiger partial charge on any atom is -0.453 e. The zero-order valence-electron chi connectivity index (χ0n) is 16.4. The van der Waals surface area contributed by atoms with E-state index in [1.807, 2.05) is 11.8 Å². The van der Waals surface area contributed by atoms with Crippen molar-refractivity contribution in [1.82, 2.24) is 20.1 Å². The van der Waals surface area contributed by atoms with E-state index in [1.165, 1.54) is 13.2 Å². The highest BCUT2D eigenvalue weighted by Gasteiger charge is 2.30. The van der Waals surface area contributed by atoms with Gasteiger partial charge in [0.15, 0.2) is 0 Å². The smallest absolute Gasteiger partial charge is 0.409 e. The molecule has 3 rings (SSSR count). The first-order valence-electron chi connectivity index (χ1n) is 9.29.